The molecule has 0 spiro atoms. The summed E-state index contributed by atoms with van der Waals surface area (Å²) in [6.45, 7) is 5.60. The van der Waals surface area contributed by atoms with Crippen LogP contribution in [0, 0.1) is 5.92 Å². The fourth-order valence-electron chi connectivity index (χ4n) is 2.02. The van der Waals surface area contributed by atoms with E-state index in [0.29, 0.717) is 0 Å². The zero-order chi connectivity index (χ0) is 10.3. The minimum atomic E-state index is 0.869. The van der Waals surface area contributed by atoms with Gasteiger partial charge in [-0.3, -0.25) is 0 Å². The quantitative estimate of drug-likeness (QED) is 0.691. The maximum Gasteiger partial charge on any atom is 0.0946 e. The van der Waals surface area contributed by atoms with Crippen LogP contribution in [0.5, 0.6) is 0 Å². The van der Waals surface area contributed by atoms with Crippen LogP contribution in [0.1, 0.15) is 12.8 Å². The molecule has 2 heterocycles. The second-order valence-corrected chi connectivity index (χ2v) is 4.20. The molecule has 4 heteroatoms. The van der Waals surface area contributed by atoms with E-state index < -0.39 is 0 Å². The van der Waals surface area contributed by atoms with Crippen LogP contribution >= 0.6 is 0 Å². The minimum absolute atomic E-state index is 0.869. The number of nitrogens with zero attached hydrogens (tertiary/aromatic N) is 2. The third-order valence-electron chi connectivity index (χ3n) is 3.00. The average Bonchev–Trinajstić information content (AvgIpc) is 2.79. The van der Waals surface area contributed by atoms with Crippen molar-refractivity contribution in [1.82, 2.24) is 20.2 Å². The Hall–Kier alpha value is -0.870. The van der Waals surface area contributed by atoms with Crippen LogP contribution in [-0.2, 0) is 6.54 Å². The molecule has 2 N–H and O–H groups in total. The smallest absolute Gasteiger partial charge is 0.0946 e. The van der Waals surface area contributed by atoms with Gasteiger partial charge < -0.3 is 15.2 Å². The zero-order valence-electron chi connectivity index (χ0n) is 9.15. The summed E-state index contributed by atoms with van der Waals surface area (Å²) in [5.41, 5.74) is 0. The molecule has 1 aromatic heterocycles. The molecule has 0 saturated carbocycles. The number of aromatic nitrogens is 2. The van der Waals surface area contributed by atoms with Crippen molar-refractivity contribution in [3.8, 4) is 0 Å². The fraction of sp³-hybridized carbons (Fsp3) is 0.727. The van der Waals surface area contributed by atoms with Crippen LogP contribution < -0.4 is 10.6 Å². The van der Waals surface area contributed by atoms with Gasteiger partial charge in [0.1, 0.15) is 0 Å². The Morgan fingerprint density at radius 2 is 2.27 bits per heavy atom. The molecule has 0 atom stereocenters. The lowest BCUT2D eigenvalue weighted by Crippen LogP contribution is -2.34. The molecule has 0 aliphatic carbocycles. The molecular formula is C11H20N4. The van der Waals surface area contributed by atoms with E-state index in [-0.39, 0.29) is 0 Å². The molecule has 1 aromatic rings. The molecule has 1 aliphatic heterocycles. The van der Waals surface area contributed by atoms with E-state index in [1.165, 1.54) is 25.9 Å². The van der Waals surface area contributed by atoms with E-state index >= 15 is 0 Å². The zero-order valence-corrected chi connectivity index (χ0v) is 9.15. The summed E-state index contributed by atoms with van der Waals surface area (Å²) >= 11 is 0. The highest BCUT2D eigenvalue weighted by Gasteiger charge is 2.11. The Morgan fingerprint density at radius 1 is 1.40 bits per heavy atom. The minimum Gasteiger partial charge on any atom is -0.336 e. The fourth-order valence-corrected chi connectivity index (χ4v) is 2.02. The van der Waals surface area contributed by atoms with Gasteiger partial charge >= 0.3 is 0 Å². The van der Waals surface area contributed by atoms with Gasteiger partial charge in [-0.05, 0) is 38.4 Å². The topological polar surface area (TPSA) is 41.9 Å². The number of hydrogen-bond acceptors (Lipinski definition) is 3. The van der Waals surface area contributed by atoms with Gasteiger partial charge in [-0.15, -0.1) is 0 Å². The lowest BCUT2D eigenvalue weighted by molar-refractivity contribution is 0.355. The molecule has 1 aliphatic rings. The van der Waals surface area contributed by atoms with Crippen molar-refractivity contribution in [2.75, 3.05) is 26.2 Å². The molecule has 1 saturated heterocycles. The Bertz CT molecular complexity index is 252. The van der Waals surface area contributed by atoms with Crippen LogP contribution in [0.25, 0.3) is 0 Å². The lowest BCUT2D eigenvalue weighted by Gasteiger charge is -2.22. The van der Waals surface area contributed by atoms with E-state index in [4.69, 9.17) is 0 Å². The van der Waals surface area contributed by atoms with Crippen LogP contribution in [0.3, 0.4) is 0 Å². The van der Waals surface area contributed by atoms with Crippen molar-refractivity contribution in [1.29, 1.82) is 0 Å². The summed E-state index contributed by atoms with van der Waals surface area (Å²) in [6, 6.07) is 0. The second kappa shape index (κ2) is 5.88. The van der Waals surface area contributed by atoms with E-state index in [9.17, 15) is 0 Å². The monoisotopic (exact) mass is 208 g/mol. The molecular weight excluding hydrogens is 188 g/mol. The van der Waals surface area contributed by atoms with Crippen molar-refractivity contribution in [3.05, 3.63) is 18.7 Å². The average molecular weight is 208 g/mol. The van der Waals surface area contributed by atoms with Gasteiger partial charge in [-0.25, -0.2) is 4.98 Å². The normalized spacial score (nSPS) is 18.1. The van der Waals surface area contributed by atoms with Crippen LogP contribution in [-0.4, -0.2) is 35.7 Å². The van der Waals surface area contributed by atoms with Gasteiger partial charge in [0.05, 0.1) is 6.33 Å². The third kappa shape index (κ3) is 3.64. The summed E-state index contributed by atoms with van der Waals surface area (Å²) in [4.78, 5) is 4.02. The Balaban J connectivity index is 1.54. The number of imidazole rings is 1. The summed E-state index contributed by atoms with van der Waals surface area (Å²) in [5, 5.41) is 6.90. The number of hydrogen-bond donors (Lipinski definition) is 2. The van der Waals surface area contributed by atoms with Crippen molar-refractivity contribution >= 4 is 0 Å². The molecule has 1 fully saturated rings. The highest BCUT2D eigenvalue weighted by molar-refractivity contribution is 4.75. The van der Waals surface area contributed by atoms with Crippen LogP contribution in [0.4, 0.5) is 0 Å². The van der Waals surface area contributed by atoms with Crippen molar-refractivity contribution < 1.29 is 0 Å². The molecule has 0 amide bonds. The summed E-state index contributed by atoms with van der Waals surface area (Å²) in [5.74, 6) is 0.869. The molecule has 15 heavy (non-hydrogen) atoms. The first-order valence-electron chi connectivity index (χ1n) is 5.82. The van der Waals surface area contributed by atoms with Gasteiger partial charge in [0.2, 0.25) is 0 Å². The molecule has 0 radical (unpaired) electrons. The molecule has 0 aromatic carbocycles. The first-order valence-corrected chi connectivity index (χ1v) is 5.82. The van der Waals surface area contributed by atoms with Gasteiger partial charge in [0.15, 0.2) is 0 Å². The summed E-state index contributed by atoms with van der Waals surface area (Å²) in [7, 11) is 0. The van der Waals surface area contributed by atoms with E-state index in [2.05, 4.69) is 20.2 Å². The largest absolute Gasteiger partial charge is 0.336 e. The molecule has 84 valence electrons. The van der Waals surface area contributed by atoms with E-state index in [1.807, 2.05) is 18.7 Å². The number of nitrogens with one attached hydrogen (secondary N) is 2. The maximum absolute atomic E-state index is 4.02. The molecule has 0 bridgehead atoms. The van der Waals surface area contributed by atoms with Crippen LogP contribution in [0.2, 0.25) is 0 Å². The Labute approximate surface area is 91.1 Å². The first-order chi connectivity index (χ1) is 7.45. The third-order valence-corrected chi connectivity index (χ3v) is 3.00. The highest BCUT2D eigenvalue weighted by atomic mass is 15.0. The maximum atomic E-state index is 4.02. The van der Waals surface area contributed by atoms with Gasteiger partial charge in [-0.2, -0.15) is 0 Å². The number of piperidine rings is 1. The van der Waals surface area contributed by atoms with Gasteiger partial charge in [-0.1, -0.05) is 0 Å². The van der Waals surface area contributed by atoms with Gasteiger partial charge in [0, 0.05) is 25.5 Å². The first kappa shape index (κ1) is 10.6. The molecule has 0 unspecified atom stereocenters. The van der Waals surface area contributed by atoms with E-state index in [0.717, 1.165) is 25.6 Å². The summed E-state index contributed by atoms with van der Waals surface area (Å²) < 4.78 is 2.11. The Kier molecular flexibility index (Phi) is 4.17. The lowest BCUT2D eigenvalue weighted by atomic mass is 9.98. The number of rotatable bonds is 5. The standard InChI is InChI=1S/C11H20N4/c1-3-12-4-2-11(1)9-13-5-7-15-8-6-14-10-15/h6,8,10-13H,1-5,7,9H2. The molecule has 2 rings (SSSR count). The molecule has 4 nitrogen and oxygen atoms in total. The van der Waals surface area contributed by atoms with E-state index in [1.54, 1.807) is 0 Å². The van der Waals surface area contributed by atoms with Crippen molar-refractivity contribution in [2.45, 2.75) is 19.4 Å². The second-order valence-electron chi connectivity index (χ2n) is 4.20. The van der Waals surface area contributed by atoms with Crippen molar-refractivity contribution in [2.24, 2.45) is 5.92 Å². The highest BCUT2D eigenvalue weighted by Crippen LogP contribution is 2.09. The SMILES string of the molecule is c1cn(CCNCC2CCNCC2)cn1. The predicted molar refractivity (Wildman–Crippen MR) is 60.7 cm³/mol. The van der Waals surface area contributed by atoms with Crippen molar-refractivity contribution in [3.63, 3.8) is 0 Å². The van der Waals surface area contributed by atoms with Gasteiger partial charge in [0.25, 0.3) is 0 Å². The van der Waals surface area contributed by atoms with Crippen LogP contribution in [0.15, 0.2) is 18.7 Å². The Morgan fingerprint density at radius 3 is 3.00 bits per heavy atom. The predicted octanol–water partition coefficient (Wildman–Crippen LogP) is 0.472. The summed E-state index contributed by atoms with van der Waals surface area (Å²) in [6.07, 6.45) is 8.33.